The summed E-state index contributed by atoms with van der Waals surface area (Å²) in [6.45, 7) is 1.83. The number of amides is 1. The molecule has 6 heteroatoms. The smallest absolute Gasteiger partial charge is 0.222 e. The normalized spacial score (nSPS) is 11.1. The fraction of sp³-hybridized carbons (Fsp3) is 0.300. The van der Waals surface area contributed by atoms with Crippen molar-refractivity contribution < 1.29 is 4.79 Å². The van der Waals surface area contributed by atoms with E-state index in [0.717, 1.165) is 23.6 Å². The monoisotopic (exact) mass is 372 g/mol. The number of hydrogen-bond donors (Lipinski definition) is 3. The average Bonchev–Trinajstić information content (AvgIpc) is 2.67. The van der Waals surface area contributed by atoms with E-state index in [1.807, 2.05) is 54.6 Å². The minimum absolute atomic E-state index is 0.0120. The van der Waals surface area contributed by atoms with Crippen LogP contribution in [0.4, 0.5) is 0 Å². The van der Waals surface area contributed by atoms with Gasteiger partial charge in [0.1, 0.15) is 0 Å². The third-order valence-electron chi connectivity index (χ3n) is 3.82. The molecule has 0 aliphatic rings. The fourth-order valence-electron chi connectivity index (χ4n) is 2.38. The lowest BCUT2D eigenvalue weighted by Crippen LogP contribution is -2.40. The third kappa shape index (κ3) is 7.57. The quantitative estimate of drug-likeness (QED) is 0.493. The van der Waals surface area contributed by atoms with Crippen LogP contribution in [-0.2, 0) is 17.8 Å². The van der Waals surface area contributed by atoms with Gasteiger partial charge in [-0.15, -0.1) is 0 Å². The molecular weight excluding hydrogens is 348 g/mol. The molecule has 3 N–H and O–H groups in total. The zero-order valence-electron chi connectivity index (χ0n) is 15.0. The van der Waals surface area contributed by atoms with Crippen molar-refractivity contribution in [1.82, 2.24) is 16.0 Å². The van der Waals surface area contributed by atoms with Crippen molar-refractivity contribution in [3.05, 3.63) is 70.7 Å². The van der Waals surface area contributed by atoms with Gasteiger partial charge >= 0.3 is 0 Å². The first kappa shape index (κ1) is 19.8. The lowest BCUT2D eigenvalue weighted by atomic mass is 10.1. The molecule has 0 saturated carbocycles. The second-order valence-corrected chi connectivity index (χ2v) is 6.25. The van der Waals surface area contributed by atoms with E-state index in [4.69, 9.17) is 11.6 Å². The van der Waals surface area contributed by atoms with Gasteiger partial charge in [-0.05, 0) is 29.7 Å². The summed E-state index contributed by atoms with van der Waals surface area (Å²) in [5.74, 6) is 0.702. The number of guanidine groups is 1. The number of nitrogens with one attached hydrogen (secondary N) is 3. The predicted molar refractivity (Wildman–Crippen MR) is 107 cm³/mol. The number of halogens is 1. The van der Waals surface area contributed by atoms with E-state index >= 15 is 0 Å². The Morgan fingerprint density at radius 1 is 0.923 bits per heavy atom. The summed E-state index contributed by atoms with van der Waals surface area (Å²) in [5, 5.41) is 10.0. The summed E-state index contributed by atoms with van der Waals surface area (Å²) in [5.41, 5.74) is 2.30. The summed E-state index contributed by atoms with van der Waals surface area (Å²) in [7, 11) is 1.72. The molecule has 2 rings (SSSR count). The first-order valence-electron chi connectivity index (χ1n) is 8.67. The number of benzene rings is 2. The molecule has 0 saturated heterocycles. The molecule has 0 aliphatic carbocycles. The van der Waals surface area contributed by atoms with E-state index in [1.165, 1.54) is 5.56 Å². The van der Waals surface area contributed by atoms with Crippen molar-refractivity contribution >= 4 is 23.5 Å². The van der Waals surface area contributed by atoms with Crippen molar-refractivity contribution in [3.63, 3.8) is 0 Å². The molecule has 5 nitrogen and oxygen atoms in total. The van der Waals surface area contributed by atoms with E-state index in [-0.39, 0.29) is 5.91 Å². The highest BCUT2D eigenvalue weighted by molar-refractivity contribution is 6.30. The Hall–Kier alpha value is -2.53. The second-order valence-electron chi connectivity index (χ2n) is 5.81. The molecule has 2 aromatic carbocycles. The highest BCUT2D eigenvalue weighted by Gasteiger charge is 2.03. The number of hydrogen-bond acceptors (Lipinski definition) is 2. The molecule has 0 bridgehead atoms. The van der Waals surface area contributed by atoms with Gasteiger partial charge in [0, 0.05) is 38.1 Å². The molecular formula is C20H25ClN4O. The maximum Gasteiger partial charge on any atom is 0.222 e. The average molecular weight is 373 g/mol. The van der Waals surface area contributed by atoms with Crippen molar-refractivity contribution in [3.8, 4) is 0 Å². The van der Waals surface area contributed by atoms with E-state index < -0.39 is 0 Å². The minimum Gasteiger partial charge on any atom is -0.356 e. The summed E-state index contributed by atoms with van der Waals surface area (Å²) < 4.78 is 0. The molecule has 138 valence electrons. The first-order valence-corrected chi connectivity index (χ1v) is 9.05. The molecule has 26 heavy (non-hydrogen) atoms. The van der Waals surface area contributed by atoms with Crippen LogP contribution in [0.2, 0.25) is 5.02 Å². The van der Waals surface area contributed by atoms with Gasteiger partial charge in [0.2, 0.25) is 5.91 Å². The van der Waals surface area contributed by atoms with Gasteiger partial charge in [0.05, 0.1) is 0 Å². The van der Waals surface area contributed by atoms with E-state index in [2.05, 4.69) is 20.9 Å². The minimum atomic E-state index is 0.0120. The van der Waals surface area contributed by atoms with Gasteiger partial charge in [-0.3, -0.25) is 9.79 Å². The van der Waals surface area contributed by atoms with Gasteiger partial charge < -0.3 is 16.0 Å². The maximum absolute atomic E-state index is 11.9. The van der Waals surface area contributed by atoms with E-state index in [0.29, 0.717) is 25.5 Å². The molecule has 0 radical (unpaired) electrons. The van der Waals surface area contributed by atoms with Gasteiger partial charge in [0.25, 0.3) is 0 Å². The van der Waals surface area contributed by atoms with Crippen molar-refractivity contribution in [2.75, 3.05) is 20.1 Å². The zero-order valence-corrected chi connectivity index (χ0v) is 15.7. The number of rotatable bonds is 8. The largest absolute Gasteiger partial charge is 0.356 e. The molecule has 0 aliphatic heterocycles. The summed E-state index contributed by atoms with van der Waals surface area (Å²) in [4.78, 5) is 16.1. The van der Waals surface area contributed by atoms with Crippen LogP contribution in [0.15, 0.2) is 59.6 Å². The highest BCUT2D eigenvalue weighted by Crippen LogP contribution is 2.09. The molecule has 0 spiro atoms. The highest BCUT2D eigenvalue weighted by atomic mass is 35.5. The van der Waals surface area contributed by atoms with Crippen LogP contribution in [0.5, 0.6) is 0 Å². The Morgan fingerprint density at radius 2 is 1.62 bits per heavy atom. The van der Waals surface area contributed by atoms with Gasteiger partial charge in [0.15, 0.2) is 5.96 Å². The van der Waals surface area contributed by atoms with E-state index in [9.17, 15) is 4.79 Å². The fourth-order valence-corrected chi connectivity index (χ4v) is 2.50. The molecule has 0 atom stereocenters. The topological polar surface area (TPSA) is 65.5 Å². The first-order chi connectivity index (χ1) is 12.7. The van der Waals surface area contributed by atoms with Crippen LogP contribution >= 0.6 is 11.6 Å². The van der Waals surface area contributed by atoms with Crippen LogP contribution in [0.3, 0.4) is 0 Å². The lowest BCUT2D eigenvalue weighted by molar-refractivity contribution is -0.121. The van der Waals surface area contributed by atoms with Crippen LogP contribution in [0.1, 0.15) is 17.5 Å². The number of nitrogens with zero attached hydrogens (tertiary/aromatic N) is 1. The Labute approximate surface area is 159 Å². The SMILES string of the molecule is CN=C(NCCC(=O)NCc1ccccc1)NCCc1ccc(Cl)cc1. The van der Waals surface area contributed by atoms with Gasteiger partial charge in [-0.25, -0.2) is 0 Å². The molecule has 0 fully saturated rings. The molecule has 0 heterocycles. The number of carbonyl (C=O) groups is 1. The second kappa shape index (κ2) is 11.2. The maximum atomic E-state index is 11.9. The molecule has 0 aromatic heterocycles. The number of carbonyl (C=O) groups excluding carboxylic acids is 1. The summed E-state index contributed by atoms with van der Waals surface area (Å²) in [6, 6.07) is 17.7. The molecule has 1 amide bonds. The van der Waals surface area contributed by atoms with Crippen molar-refractivity contribution in [2.45, 2.75) is 19.4 Å². The van der Waals surface area contributed by atoms with Gasteiger partial charge in [-0.2, -0.15) is 0 Å². The molecule has 0 unspecified atom stereocenters. The van der Waals surface area contributed by atoms with Crippen LogP contribution < -0.4 is 16.0 Å². The summed E-state index contributed by atoms with van der Waals surface area (Å²) in [6.07, 6.45) is 1.26. The number of aliphatic imine (C=N–C) groups is 1. The standard InChI is InChI=1S/C20H25ClN4O/c1-22-20(23-13-11-16-7-9-18(21)10-8-16)24-14-12-19(26)25-15-17-5-3-2-4-6-17/h2-10H,11-15H2,1H3,(H,25,26)(H2,22,23,24). The molecule has 2 aromatic rings. The Morgan fingerprint density at radius 3 is 2.31 bits per heavy atom. The van der Waals surface area contributed by atoms with Crippen molar-refractivity contribution in [2.24, 2.45) is 4.99 Å². The van der Waals surface area contributed by atoms with Crippen LogP contribution in [0.25, 0.3) is 0 Å². The predicted octanol–water partition coefficient (Wildman–Crippen LogP) is 2.75. The van der Waals surface area contributed by atoms with E-state index in [1.54, 1.807) is 7.05 Å². The summed E-state index contributed by atoms with van der Waals surface area (Å²) >= 11 is 5.88. The Kier molecular flexibility index (Phi) is 8.49. The van der Waals surface area contributed by atoms with Crippen molar-refractivity contribution in [1.29, 1.82) is 0 Å². The van der Waals surface area contributed by atoms with Crippen LogP contribution in [0, 0.1) is 0 Å². The van der Waals surface area contributed by atoms with Crippen LogP contribution in [-0.4, -0.2) is 32.0 Å². The zero-order chi connectivity index (χ0) is 18.6. The lowest BCUT2D eigenvalue weighted by Gasteiger charge is -2.12. The Bertz CT molecular complexity index is 702. The Balaban J connectivity index is 1.60. The van der Waals surface area contributed by atoms with Gasteiger partial charge in [-0.1, -0.05) is 54.1 Å². The third-order valence-corrected chi connectivity index (χ3v) is 4.07.